The van der Waals surface area contributed by atoms with E-state index in [-0.39, 0.29) is 5.28 Å². The minimum atomic E-state index is 0.170. The Balaban J connectivity index is 2.20. The van der Waals surface area contributed by atoms with E-state index in [1.54, 1.807) is 0 Å². The molecule has 1 heterocycles. The highest BCUT2D eigenvalue weighted by atomic mass is 35.5. The lowest BCUT2D eigenvalue weighted by Gasteiger charge is -2.06. The fourth-order valence-electron chi connectivity index (χ4n) is 1.32. The number of nitrogens with one attached hydrogen (secondary N) is 1. The van der Waals surface area contributed by atoms with Crippen molar-refractivity contribution in [3.05, 3.63) is 34.6 Å². The molecule has 2 aromatic rings. The number of hydrogen-bond acceptors (Lipinski definition) is 5. The summed E-state index contributed by atoms with van der Waals surface area (Å²) in [5, 5.41) is 4.43. The van der Waals surface area contributed by atoms with E-state index in [2.05, 4.69) is 27.2 Å². The summed E-state index contributed by atoms with van der Waals surface area (Å²) in [6.45, 7) is 2.85. The van der Waals surface area contributed by atoms with Gasteiger partial charge in [-0.15, -0.1) is 0 Å². The van der Waals surface area contributed by atoms with Crippen molar-refractivity contribution in [1.82, 2.24) is 15.0 Å². The van der Waals surface area contributed by atoms with Crippen molar-refractivity contribution < 1.29 is 0 Å². The summed E-state index contributed by atoms with van der Waals surface area (Å²) in [6, 6.07) is 7.51. The summed E-state index contributed by atoms with van der Waals surface area (Å²) in [7, 11) is 0. The van der Waals surface area contributed by atoms with Crippen molar-refractivity contribution in [2.75, 3.05) is 11.9 Å². The van der Waals surface area contributed by atoms with E-state index in [0.717, 1.165) is 17.9 Å². The Morgan fingerprint density at radius 2 is 1.95 bits per heavy atom. The molecule has 0 spiro atoms. The minimum Gasteiger partial charge on any atom is -0.354 e. The molecule has 0 fully saturated rings. The average molecular weight is 315 g/mol. The fraction of sp³-hybridized carbons (Fsp3) is 0.250. The zero-order chi connectivity index (χ0) is 13.7. The molecule has 7 heteroatoms. The Labute approximate surface area is 126 Å². The number of hydrogen-bond donors (Lipinski definition) is 1. The maximum atomic E-state index is 6.10. The average Bonchev–Trinajstić information content (AvgIpc) is 2.38. The van der Waals surface area contributed by atoms with Crippen LogP contribution in [0.25, 0.3) is 0 Å². The number of aromatic nitrogens is 3. The Morgan fingerprint density at radius 3 is 2.68 bits per heavy atom. The normalized spacial score (nSPS) is 10.5. The number of rotatable bonds is 5. The van der Waals surface area contributed by atoms with E-state index in [9.17, 15) is 0 Å². The second-order valence-corrected chi connectivity index (χ2v) is 5.42. The van der Waals surface area contributed by atoms with Crippen molar-refractivity contribution in [3.8, 4) is 0 Å². The third kappa shape index (κ3) is 4.23. The largest absolute Gasteiger partial charge is 0.354 e. The van der Waals surface area contributed by atoms with E-state index < -0.39 is 0 Å². The van der Waals surface area contributed by atoms with Gasteiger partial charge in [0.15, 0.2) is 5.16 Å². The molecule has 4 nitrogen and oxygen atoms in total. The first-order valence-corrected chi connectivity index (χ1v) is 7.34. The molecule has 0 aliphatic heterocycles. The lowest BCUT2D eigenvalue weighted by molar-refractivity contribution is 0.878. The van der Waals surface area contributed by atoms with E-state index >= 15 is 0 Å². The van der Waals surface area contributed by atoms with Crippen molar-refractivity contribution >= 4 is 40.9 Å². The Morgan fingerprint density at radius 1 is 1.16 bits per heavy atom. The first-order valence-electron chi connectivity index (χ1n) is 5.77. The van der Waals surface area contributed by atoms with Gasteiger partial charge in [-0.05, 0) is 41.9 Å². The molecule has 0 saturated heterocycles. The van der Waals surface area contributed by atoms with Gasteiger partial charge in [-0.1, -0.05) is 30.7 Å². The monoisotopic (exact) mass is 314 g/mol. The van der Waals surface area contributed by atoms with Crippen molar-refractivity contribution in [3.63, 3.8) is 0 Å². The van der Waals surface area contributed by atoms with Crippen LogP contribution in [0.4, 0.5) is 5.95 Å². The molecule has 0 saturated carbocycles. The lowest BCUT2D eigenvalue weighted by atomic mass is 10.4. The van der Waals surface area contributed by atoms with Crippen LogP contribution in [0.2, 0.25) is 10.3 Å². The van der Waals surface area contributed by atoms with Gasteiger partial charge >= 0.3 is 0 Å². The molecule has 0 aliphatic rings. The third-order valence-corrected chi connectivity index (χ3v) is 3.71. The van der Waals surface area contributed by atoms with Gasteiger partial charge in [0.2, 0.25) is 11.2 Å². The Bertz CT molecular complexity index is 565. The van der Waals surface area contributed by atoms with Crippen molar-refractivity contribution in [2.24, 2.45) is 0 Å². The van der Waals surface area contributed by atoms with Crippen LogP contribution >= 0.6 is 35.0 Å². The standard InChI is InChI=1S/C12H12Cl2N4S/c1-2-7-15-11-16-10(14)17-12(18-11)19-9-6-4-3-5-8(9)13/h3-6H,2,7H2,1H3,(H,15,16,17,18). The molecule has 0 unspecified atom stereocenters. The number of benzene rings is 1. The quantitative estimate of drug-likeness (QED) is 0.898. The van der Waals surface area contributed by atoms with Crippen LogP contribution in [-0.2, 0) is 0 Å². The highest BCUT2D eigenvalue weighted by molar-refractivity contribution is 7.99. The van der Waals surface area contributed by atoms with Crippen molar-refractivity contribution in [1.29, 1.82) is 0 Å². The molecule has 1 aromatic carbocycles. The van der Waals surface area contributed by atoms with Crippen LogP contribution in [0.5, 0.6) is 0 Å². The maximum absolute atomic E-state index is 6.10. The molecule has 0 atom stereocenters. The predicted octanol–water partition coefficient (Wildman–Crippen LogP) is 4.15. The topological polar surface area (TPSA) is 50.7 Å². The van der Waals surface area contributed by atoms with Gasteiger partial charge < -0.3 is 5.32 Å². The van der Waals surface area contributed by atoms with Gasteiger partial charge in [0.25, 0.3) is 0 Å². The molecule has 19 heavy (non-hydrogen) atoms. The summed E-state index contributed by atoms with van der Waals surface area (Å²) in [6.07, 6.45) is 0.982. The summed E-state index contributed by atoms with van der Waals surface area (Å²) in [4.78, 5) is 13.3. The highest BCUT2D eigenvalue weighted by Crippen LogP contribution is 2.31. The maximum Gasteiger partial charge on any atom is 0.228 e. The van der Waals surface area contributed by atoms with Gasteiger partial charge in [0, 0.05) is 11.4 Å². The number of nitrogens with zero attached hydrogens (tertiary/aromatic N) is 3. The van der Waals surface area contributed by atoms with Gasteiger partial charge in [-0.2, -0.15) is 15.0 Å². The number of anilines is 1. The molecular formula is C12H12Cl2N4S. The third-order valence-electron chi connectivity index (χ3n) is 2.16. The molecule has 0 amide bonds. The molecule has 1 N–H and O–H groups in total. The minimum absolute atomic E-state index is 0.170. The molecule has 0 radical (unpaired) electrons. The Kier molecular flexibility index (Phi) is 5.24. The zero-order valence-electron chi connectivity index (χ0n) is 10.2. The molecular weight excluding hydrogens is 303 g/mol. The van der Waals surface area contributed by atoms with E-state index in [0.29, 0.717) is 16.1 Å². The molecule has 0 aliphatic carbocycles. The summed E-state index contributed by atoms with van der Waals surface area (Å²) in [5.41, 5.74) is 0. The second-order valence-electron chi connectivity index (χ2n) is 3.67. The first kappa shape index (κ1) is 14.4. The molecule has 2 rings (SSSR count). The van der Waals surface area contributed by atoms with Crippen LogP contribution in [0.1, 0.15) is 13.3 Å². The number of halogens is 2. The SMILES string of the molecule is CCCNc1nc(Cl)nc(Sc2ccccc2Cl)n1. The molecule has 0 bridgehead atoms. The highest BCUT2D eigenvalue weighted by Gasteiger charge is 2.08. The van der Waals surface area contributed by atoms with Crippen LogP contribution in [-0.4, -0.2) is 21.5 Å². The van der Waals surface area contributed by atoms with Crippen LogP contribution in [0.3, 0.4) is 0 Å². The van der Waals surface area contributed by atoms with Gasteiger partial charge in [0.05, 0.1) is 5.02 Å². The smallest absolute Gasteiger partial charge is 0.228 e. The summed E-state index contributed by atoms with van der Waals surface area (Å²) < 4.78 is 0. The van der Waals surface area contributed by atoms with Crippen LogP contribution in [0.15, 0.2) is 34.3 Å². The first-order chi connectivity index (χ1) is 9.19. The molecule has 1 aromatic heterocycles. The summed E-state index contributed by atoms with van der Waals surface area (Å²) >= 11 is 13.3. The predicted molar refractivity (Wildman–Crippen MR) is 79.2 cm³/mol. The van der Waals surface area contributed by atoms with Gasteiger partial charge in [-0.3, -0.25) is 0 Å². The van der Waals surface area contributed by atoms with Crippen LogP contribution < -0.4 is 5.32 Å². The Hall–Kier alpha value is -1.04. The van der Waals surface area contributed by atoms with Crippen molar-refractivity contribution in [2.45, 2.75) is 23.4 Å². The van der Waals surface area contributed by atoms with E-state index in [4.69, 9.17) is 23.2 Å². The zero-order valence-corrected chi connectivity index (χ0v) is 12.6. The molecule has 100 valence electrons. The fourth-order valence-corrected chi connectivity index (χ4v) is 2.55. The van der Waals surface area contributed by atoms with Crippen LogP contribution in [0, 0.1) is 0 Å². The second kappa shape index (κ2) is 6.93. The van der Waals surface area contributed by atoms with Gasteiger partial charge in [-0.25, -0.2) is 0 Å². The lowest BCUT2D eigenvalue weighted by Crippen LogP contribution is -2.06. The summed E-state index contributed by atoms with van der Waals surface area (Å²) in [5.74, 6) is 0.483. The van der Waals surface area contributed by atoms with E-state index in [1.165, 1.54) is 11.8 Å². The van der Waals surface area contributed by atoms with Gasteiger partial charge in [0.1, 0.15) is 0 Å². The van der Waals surface area contributed by atoms with E-state index in [1.807, 2.05) is 24.3 Å².